The molecular formula is C22H30N4O5S. The molecule has 0 aliphatic carbocycles. The van der Waals surface area contributed by atoms with E-state index in [9.17, 15) is 23.1 Å². The Morgan fingerprint density at radius 2 is 2.12 bits per heavy atom. The highest BCUT2D eigenvalue weighted by atomic mass is 32.2. The normalized spacial score (nSPS) is 20.3. The van der Waals surface area contributed by atoms with Crippen molar-refractivity contribution in [1.29, 1.82) is 0 Å². The third-order valence-corrected chi connectivity index (χ3v) is 7.33. The van der Waals surface area contributed by atoms with E-state index in [2.05, 4.69) is 9.71 Å². The average molecular weight is 463 g/mol. The summed E-state index contributed by atoms with van der Waals surface area (Å²) in [4.78, 5) is 30.6. The molecule has 0 unspecified atom stereocenters. The number of hydrogen-bond acceptors (Lipinski definition) is 6. The molecule has 4 N–H and O–H groups in total. The van der Waals surface area contributed by atoms with Gasteiger partial charge in [0.1, 0.15) is 17.0 Å². The number of rotatable bonds is 8. The van der Waals surface area contributed by atoms with Crippen molar-refractivity contribution in [3.8, 4) is 0 Å². The Bertz CT molecular complexity index is 1100. The molecule has 1 saturated heterocycles. The number of pyridine rings is 1. The number of fused-ring (bicyclic) bond motifs is 1. The number of carbonyl (C=O) groups excluding carboxylic acids is 1. The maximum atomic E-state index is 13.3. The van der Waals surface area contributed by atoms with Crippen molar-refractivity contribution in [2.45, 2.75) is 56.5 Å². The minimum atomic E-state index is -4.11. The smallest absolute Gasteiger partial charge is 0.326 e. The first-order chi connectivity index (χ1) is 15.1. The maximum absolute atomic E-state index is 13.3. The lowest BCUT2D eigenvalue weighted by Crippen LogP contribution is -2.56. The van der Waals surface area contributed by atoms with Crippen molar-refractivity contribution in [3.05, 3.63) is 36.0 Å². The van der Waals surface area contributed by atoms with Crippen LogP contribution in [0.4, 0.5) is 0 Å². The highest BCUT2D eigenvalue weighted by Gasteiger charge is 2.38. The summed E-state index contributed by atoms with van der Waals surface area (Å²) in [6, 6.07) is 4.60. The Morgan fingerprint density at radius 1 is 1.38 bits per heavy atom. The van der Waals surface area contributed by atoms with Crippen LogP contribution >= 0.6 is 0 Å². The molecule has 0 bridgehead atoms. The van der Waals surface area contributed by atoms with Gasteiger partial charge in [-0.3, -0.25) is 9.78 Å². The molecule has 174 valence electrons. The second-order valence-electron chi connectivity index (χ2n) is 8.46. The number of benzene rings is 1. The minimum Gasteiger partial charge on any atom is -0.480 e. The number of piperidine rings is 1. The molecule has 3 atom stereocenters. The summed E-state index contributed by atoms with van der Waals surface area (Å²) in [6.07, 6.45) is 3.17. The Morgan fingerprint density at radius 3 is 2.81 bits per heavy atom. The van der Waals surface area contributed by atoms with Gasteiger partial charge in [0, 0.05) is 18.1 Å². The third kappa shape index (κ3) is 5.25. The van der Waals surface area contributed by atoms with E-state index >= 15 is 0 Å². The first-order valence-electron chi connectivity index (χ1n) is 10.7. The Balaban J connectivity index is 1.93. The predicted octanol–water partition coefficient (Wildman–Crippen LogP) is 1.64. The van der Waals surface area contributed by atoms with E-state index in [4.69, 9.17) is 5.73 Å². The molecule has 1 aliphatic heterocycles. The van der Waals surface area contributed by atoms with Crippen molar-refractivity contribution in [1.82, 2.24) is 14.6 Å². The molecule has 0 radical (unpaired) electrons. The van der Waals surface area contributed by atoms with Crippen molar-refractivity contribution in [2.24, 2.45) is 11.7 Å². The number of carbonyl (C=O) groups is 2. The fourth-order valence-corrected chi connectivity index (χ4v) is 5.51. The van der Waals surface area contributed by atoms with Gasteiger partial charge in [-0.1, -0.05) is 19.1 Å². The lowest BCUT2D eigenvalue weighted by atomic mass is 9.91. The van der Waals surface area contributed by atoms with Gasteiger partial charge < -0.3 is 15.7 Å². The number of sulfonamides is 1. The molecule has 0 spiro atoms. The highest BCUT2D eigenvalue weighted by Crippen LogP contribution is 2.26. The van der Waals surface area contributed by atoms with Crippen molar-refractivity contribution in [3.63, 3.8) is 0 Å². The maximum Gasteiger partial charge on any atom is 0.326 e. The van der Waals surface area contributed by atoms with Crippen LogP contribution in [0.5, 0.6) is 0 Å². The van der Waals surface area contributed by atoms with Crippen LogP contribution in [-0.2, 0) is 19.6 Å². The summed E-state index contributed by atoms with van der Waals surface area (Å²) in [7, 11) is -4.11. The number of aliphatic carboxylic acids is 1. The number of carboxylic acids is 1. The van der Waals surface area contributed by atoms with E-state index in [0.717, 1.165) is 5.56 Å². The molecule has 1 aromatic carbocycles. The largest absolute Gasteiger partial charge is 0.480 e. The van der Waals surface area contributed by atoms with Crippen LogP contribution in [0.25, 0.3) is 10.9 Å². The van der Waals surface area contributed by atoms with Crippen LogP contribution in [0.2, 0.25) is 0 Å². The summed E-state index contributed by atoms with van der Waals surface area (Å²) in [6.45, 7) is 4.36. The molecule has 1 aliphatic rings. The van der Waals surface area contributed by atoms with Gasteiger partial charge in [-0.15, -0.1) is 0 Å². The van der Waals surface area contributed by atoms with E-state index in [1.54, 1.807) is 18.3 Å². The van der Waals surface area contributed by atoms with Crippen LogP contribution in [0.3, 0.4) is 0 Å². The van der Waals surface area contributed by atoms with Gasteiger partial charge in [0.05, 0.1) is 5.52 Å². The van der Waals surface area contributed by atoms with Crippen LogP contribution in [0.1, 0.15) is 38.2 Å². The summed E-state index contributed by atoms with van der Waals surface area (Å²) >= 11 is 0. The second-order valence-corrected chi connectivity index (χ2v) is 10.1. The molecule has 1 aromatic heterocycles. The number of nitrogens with one attached hydrogen (secondary N) is 1. The number of nitrogens with two attached hydrogens (primary N) is 1. The van der Waals surface area contributed by atoms with E-state index in [1.807, 2.05) is 19.9 Å². The fraction of sp³-hybridized carbons (Fsp3) is 0.500. The molecule has 1 fully saturated rings. The third-order valence-electron chi connectivity index (χ3n) is 5.83. The fourth-order valence-electron chi connectivity index (χ4n) is 4.10. The summed E-state index contributed by atoms with van der Waals surface area (Å²) in [5.41, 5.74) is 6.82. The number of aromatic nitrogens is 1. The molecule has 10 heteroatoms. The van der Waals surface area contributed by atoms with E-state index < -0.39 is 34.0 Å². The minimum absolute atomic E-state index is 0.0254. The monoisotopic (exact) mass is 462 g/mol. The molecule has 2 aromatic rings. The quantitative estimate of drug-likeness (QED) is 0.541. The SMILES string of the molecule is Cc1cnc2c(S(=O)(=O)N[C@@H](CCCN)C(=O)N3CC[C@@H](C)C[C@@H]3C(=O)O)cccc2c1. The van der Waals surface area contributed by atoms with Crippen LogP contribution in [0, 0.1) is 12.8 Å². The van der Waals surface area contributed by atoms with E-state index in [1.165, 1.54) is 11.0 Å². The topological polar surface area (TPSA) is 143 Å². The molecule has 0 saturated carbocycles. The van der Waals surface area contributed by atoms with Gasteiger partial charge in [-0.25, -0.2) is 13.2 Å². The lowest BCUT2D eigenvalue weighted by molar-refractivity contribution is -0.153. The van der Waals surface area contributed by atoms with Gasteiger partial charge in [0.25, 0.3) is 0 Å². The van der Waals surface area contributed by atoms with Crippen LogP contribution in [-0.4, -0.2) is 60.5 Å². The summed E-state index contributed by atoms with van der Waals surface area (Å²) in [5, 5.41) is 10.3. The zero-order valence-electron chi connectivity index (χ0n) is 18.3. The van der Waals surface area contributed by atoms with Crippen molar-refractivity contribution in [2.75, 3.05) is 13.1 Å². The standard InChI is InChI=1S/C22H30N4O5S/c1-14-8-10-26(18(12-14)22(28)29)21(27)17(6-4-9-23)25-32(30,31)19-7-3-5-16-11-15(2)13-24-20(16)19/h3,5,7,11,13-14,17-18,25H,4,6,8-10,12,23H2,1-2H3,(H,28,29)/t14-,17+,18-/m1/s1. The number of para-hydroxylation sites is 1. The highest BCUT2D eigenvalue weighted by molar-refractivity contribution is 7.89. The molecule has 1 amide bonds. The summed E-state index contributed by atoms with van der Waals surface area (Å²) in [5.74, 6) is -1.45. The number of hydrogen-bond donors (Lipinski definition) is 3. The van der Waals surface area contributed by atoms with Crippen molar-refractivity contribution < 1.29 is 23.1 Å². The molecular weight excluding hydrogens is 432 g/mol. The summed E-state index contributed by atoms with van der Waals surface area (Å²) < 4.78 is 29.1. The number of carboxylic acid groups (broad SMARTS) is 1. The Labute approximate surface area is 188 Å². The van der Waals surface area contributed by atoms with Crippen LogP contribution < -0.4 is 10.5 Å². The zero-order chi connectivity index (χ0) is 23.5. The van der Waals surface area contributed by atoms with Gasteiger partial charge in [0.15, 0.2) is 0 Å². The first-order valence-corrected chi connectivity index (χ1v) is 12.2. The van der Waals surface area contributed by atoms with Gasteiger partial charge >= 0.3 is 5.97 Å². The average Bonchev–Trinajstić information content (AvgIpc) is 2.75. The molecule has 2 heterocycles. The molecule has 9 nitrogen and oxygen atoms in total. The first kappa shape index (κ1) is 24.1. The second kappa shape index (κ2) is 9.93. The number of likely N-dealkylation sites (tertiary alicyclic amines) is 1. The van der Waals surface area contributed by atoms with Gasteiger partial charge in [0.2, 0.25) is 15.9 Å². The van der Waals surface area contributed by atoms with Gasteiger partial charge in [-0.2, -0.15) is 4.72 Å². The van der Waals surface area contributed by atoms with E-state index in [-0.39, 0.29) is 30.3 Å². The molecule has 32 heavy (non-hydrogen) atoms. The lowest BCUT2D eigenvalue weighted by Gasteiger charge is -2.38. The Kier molecular flexibility index (Phi) is 7.47. The zero-order valence-corrected chi connectivity index (χ0v) is 19.1. The number of nitrogens with zero attached hydrogens (tertiary/aromatic N) is 2. The predicted molar refractivity (Wildman–Crippen MR) is 120 cm³/mol. The van der Waals surface area contributed by atoms with Crippen molar-refractivity contribution >= 4 is 32.8 Å². The Hall–Kier alpha value is -2.56. The van der Waals surface area contributed by atoms with E-state index in [0.29, 0.717) is 30.2 Å². The number of amides is 1. The van der Waals surface area contributed by atoms with Crippen LogP contribution in [0.15, 0.2) is 35.4 Å². The number of aryl methyl sites for hydroxylation is 1. The molecule has 3 rings (SSSR count). The van der Waals surface area contributed by atoms with Gasteiger partial charge in [-0.05, 0) is 62.8 Å².